The normalized spacial score (nSPS) is 23.2. The lowest BCUT2D eigenvalue weighted by Gasteiger charge is -2.33. The summed E-state index contributed by atoms with van der Waals surface area (Å²) in [4.78, 5) is 0. The Morgan fingerprint density at radius 2 is 1.70 bits per heavy atom. The van der Waals surface area contributed by atoms with E-state index in [0.717, 1.165) is 22.1 Å². The Balaban J connectivity index is 1.67. The molecule has 0 amide bonds. The van der Waals surface area contributed by atoms with Crippen molar-refractivity contribution in [2.24, 2.45) is 11.7 Å². The molecular formula is C22H29F2NO2. The van der Waals surface area contributed by atoms with E-state index in [-0.39, 0.29) is 19.1 Å². The number of aliphatic hydroxyl groups is 1. The second-order valence-electron chi connectivity index (χ2n) is 8.01. The SMILES string of the molecule is CCC(F)(F)C1CCC(Oc2ccc3cc([C@@](C)(N)CO)ccc3c2)CC1. The van der Waals surface area contributed by atoms with Gasteiger partial charge in [0.25, 0.3) is 5.92 Å². The van der Waals surface area contributed by atoms with Crippen LogP contribution in [0, 0.1) is 5.92 Å². The Morgan fingerprint density at radius 3 is 2.33 bits per heavy atom. The van der Waals surface area contributed by atoms with Gasteiger partial charge in [-0.05, 0) is 67.1 Å². The first-order valence-corrected chi connectivity index (χ1v) is 9.73. The van der Waals surface area contributed by atoms with Crippen LogP contribution in [0.15, 0.2) is 36.4 Å². The van der Waals surface area contributed by atoms with Crippen LogP contribution in [0.5, 0.6) is 5.75 Å². The van der Waals surface area contributed by atoms with Crippen LogP contribution in [0.3, 0.4) is 0 Å². The van der Waals surface area contributed by atoms with Gasteiger partial charge < -0.3 is 15.6 Å². The van der Waals surface area contributed by atoms with Crippen LogP contribution in [-0.2, 0) is 5.54 Å². The molecule has 2 aromatic carbocycles. The molecule has 3 rings (SSSR count). The number of hydrogen-bond acceptors (Lipinski definition) is 3. The highest BCUT2D eigenvalue weighted by atomic mass is 19.3. The third-order valence-electron chi connectivity index (χ3n) is 5.85. The van der Waals surface area contributed by atoms with Gasteiger partial charge >= 0.3 is 0 Å². The number of alkyl halides is 2. The fourth-order valence-corrected chi connectivity index (χ4v) is 3.83. The van der Waals surface area contributed by atoms with Gasteiger partial charge in [0, 0.05) is 12.3 Å². The van der Waals surface area contributed by atoms with Crippen molar-refractivity contribution in [2.45, 2.75) is 63.5 Å². The largest absolute Gasteiger partial charge is 0.490 e. The van der Waals surface area contributed by atoms with Gasteiger partial charge in [0.1, 0.15) is 5.75 Å². The molecule has 0 spiro atoms. The van der Waals surface area contributed by atoms with E-state index >= 15 is 0 Å². The Labute approximate surface area is 159 Å². The van der Waals surface area contributed by atoms with E-state index in [2.05, 4.69) is 0 Å². The maximum absolute atomic E-state index is 13.8. The number of nitrogens with two attached hydrogens (primary N) is 1. The molecule has 1 fully saturated rings. The lowest BCUT2D eigenvalue weighted by atomic mass is 9.82. The number of rotatable bonds is 6. The van der Waals surface area contributed by atoms with Gasteiger partial charge in [0.15, 0.2) is 0 Å². The van der Waals surface area contributed by atoms with Crippen molar-refractivity contribution in [2.75, 3.05) is 6.61 Å². The van der Waals surface area contributed by atoms with Gasteiger partial charge in [-0.1, -0.05) is 25.1 Å². The molecule has 5 heteroatoms. The summed E-state index contributed by atoms with van der Waals surface area (Å²) in [5.74, 6) is -2.31. The van der Waals surface area contributed by atoms with Crippen LogP contribution in [0.2, 0.25) is 0 Å². The molecule has 3 nitrogen and oxygen atoms in total. The van der Waals surface area contributed by atoms with Crippen LogP contribution in [0.25, 0.3) is 10.8 Å². The monoisotopic (exact) mass is 377 g/mol. The molecule has 1 aliphatic rings. The summed E-state index contributed by atoms with van der Waals surface area (Å²) in [6.07, 6.45) is 2.26. The molecule has 1 aliphatic carbocycles. The number of halogens is 2. The smallest absolute Gasteiger partial charge is 0.250 e. The summed E-state index contributed by atoms with van der Waals surface area (Å²) < 4.78 is 33.8. The van der Waals surface area contributed by atoms with E-state index < -0.39 is 17.4 Å². The maximum Gasteiger partial charge on any atom is 0.250 e. The molecule has 0 saturated heterocycles. The topological polar surface area (TPSA) is 55.5 Å². The molecule has 1 saturated carbocycles. The summed E-state index contributed by atoms with van der Waals surface area (Å²) in [5.41, 5.74) is 6.21. The van der Waals surface area contributed by atoms with Gasteiger partial charge in [-0.3, -0.25) is 0 Å². The molecule has 1 atom stereocenters. The minimum absolute atomic E-state index is 0.00708. The van der Waals surface area contributed by atoms with Crippen LogP contribution < -0.4 is 10.5 Å². The van der Waals surface area contributed by atoms with Crippen LogP contribution in [-0.4, -0.2) is 23.7 Å². The molecule has 3 N–H and O–H groups in total. The summed E-state index contributed by atoms with van der Waals surface area (Å²) in [7, 11) is 0. The molecule has 0 radical (unpaired) electrons. The fraction of sp³-hybridized carbons (Fsp3) is 0.545. The summed E-state index contributed by atoms with van der Waals surface area (Å²) in [6.45, 7) is 3.22. The van der Waals surface area contributed by atoms with E-state index in [0.29, 0.717) is 25.7 Å². The third kappa shape index (κ3) is 4.41. The van der Waals surface area contributed by atoms with Crippen molar-refractivity contribution in [1.29, 1.82) is 0 Å². The zero-order valence-electron chi connectivity index (χ0n) is 16.1. The quantitative estimate of drug-likeness (QED) is 0.746. The van der Waals surface area contributed by atoms with E-state index in [9.17, 15) is 13.9 Å². The first-order valence-electron chi connectivity index (χ1n) is 9.73. The lowest BCUT2D eigenvalue weighted by molar-refractivity contribution is -0.0819. The number of aliphatic hydroxyl groups excluding tert-OH is 1. The highest BCUT2D eigenvalue weighted by Gasteiger charge is 2.40. The minimum Gasteiger partial charge on any atom is -0.490 e. The molecule has 0 heterocycles. The molecule has 0 bridgehead atoms. The van der Waals surface area contributed by atoms with Crippen LogP contribution in [0.1, 0.15) is 51.5 Å². The van der Waals surface area contributed by atoms with Crippen molar-refractivity contribution >= 4 is 10.8 Å². The summed E-state index contributed by atoms with van der Waals surface area (Å²) in [5, 5.41) is 11.5. The maximum atomic E-state index is 13.8. The van der Waals surface area contributed by atoms with Gasteiger partial charge in [-0.2, -0.15) is 0 Å². The van der Waals surface area contributed by atoms with Crippen molar-refractivity contribution < 1.29 is 18.6 Å². The van der Waals surface area contributed by atoms with E-state index in [1.54, 1.807) is 13.8 Å². The lowest BCUT2D eigenvalue weighted by Crippen LogP contribution is -2.36. The predicted octanol–water partition coefficient (Wildman–Crippen LogP) is 4.99. The van der Waals surface area contributed by atoms with Gasteiger partial charge in [-0.15, -0.1) is 0 Å². The average molecular weight is 377 g/mol. The number of benzene rings is 2. The van der Waals surface area contributed by atoms with E-state index in [4.69, 9.17) is 10.5 Å². The first-order chi connectivity index (χ1) is 12.7. The summed E-state index contributed by atoms with van der Waals surface area (Å²) >= 11 is 0. The zero-order valence-corrected chi connectivity index (χ0v) is 16.1. The molecule has 0 unspecified atom stereocenters. The van der Waals surface area contributed by atoms with Gasteiger partial charge in [0.05, 0.1) is 18.2 Å². The molecule has 0 aliphatic heterocycles. The number of ether oxygens (including phenoxy) is 1. The fourth-order valence-electron chi connectivity index (χ4n) is 3.83. The van der Waals surface area contributed by atoms with Crippen molar-refractivity contribution in [3.63, 3.8) is 0 Å². The van der Waals surface area contributed by atoms with Crippen molar-refractivity contribution in [3.8, 4) is 5.75 Å². The second-order valence-corrected chi connectivity index (χ2v) is 8.01. The Bertz CT molecular complexity index is 783. The van der Waals surface area contributed by atoms with E-state index in [1.807, 2.05) is 36.4 Å². The van der Waals surface area contributed by atoms with Gasteiger partial charge in [0.2, 0.25) is 0 Å². The minimum atomic E-state index is -2.56. The predicted molar refractivity (Wildman–Crippen MR) is 104 cm³/mol. The average Bonchev–Trinajstić information content (AvgIpc) is 2.68. The first kappa shape index (κ1) is 20.0. The van der Waals surface area contributed by atoms with Crippen molar-refractivity contribution in [3.05, 3.63) is 42.0 Å². The second kappa shape index (κ2) is 7.72. The number of fused-ring (bicyclic) bond motifs is 1. The standard InChI is InChI=1S/C22H29F2NO2/c1-3-22(23,24)17-7-10-19(11-8-17)27-20-9-5-15-12-18(21(2,25)14-26)6-4-16(15)13-20/h4-6,9,12-13,17,19,26H,3,7-8,10-11,14,25H2,1-2H3/t17?,19?,21-/m0/s1. The van der Waals surface area contributed by atoms with E-state index in [1.165, 1.54) is 0 Å². The van der Waals surface area contributed by atoms with Crippen LogP contribution >= 0.6 is 0 Å². The molecule has 0 aromatic heterocycles. The molecule has 2 aromatic rings. The van der Waals surface area contributed by atoms with Crippen LogP contribution in [0.4, 0.5) is 8.78 Å². The Hall–Kier alpha value is -1.72. The summed E-state index contributed by atoms with van der Waals surface area (Å²) in [6, 6.07) is 11.7. The zero-order chi connectivity index (χ0) is 19.7. The van der Waals surface area contributed by atoms with Crippen molar-refractivity contribution in [1.82, 2.24) is 0 Å². The molecular weight excluding hydrogens is 348 g/mol. The molecule has 148 valence electrons. The third-order valence-corrected chi connectivity index (χ3v) is 5.85. The Morgan fingerprint density at radius 1 is 1.07 bits per heavy atom. The highest BCUT2D eigenvalue weighted by molar-refractivity contribution is 5.84. The number of hydrogen-bond donors (Lipinski definition) is 2. The van der Waals surface area contributed by atoms with Gasteiger partial charge in [-0.25, -0.2) is 8.78 Å². The Kier molecular flexibility index (Phi) is 5.73. The highest BCUT2D eigenvalue weighted by Crippen LogP contribution is 2.39. The molecule has 27 heavy (non-hydrogen) atoms.